The molecule has 57 heavy (non-hydrogen) atoms. The van der Waals surface area contributed by atoms with Gasteiger partial charge in [-0.2, -0.15) is 0 Å². The van der Waals surface area contributed by atoms with Crippen molar-refractivity contribution < 1.29 is 0 Å². The van der Waals surface area contributed by atoms with Crippen molar-refractivity contribution >= 4 is 0 Å². The molecule has 4 N–H and O–H groups in total. The van der Waals surface area contributed by atoms with Gasteiger partial charge in [0, 0.05) is 11.1 Å². The third-order valence-corrected chi connectivity index (χ3v) is 13.9. The Kier molecular flexibility index (Phi) is 47.1. The molecule has 2 atom stereocenters. The Morgan fingerprint density at radius 3 is 0.614 bits per heavy atom. The van der Waals surface area contributed by atoms with E-state index in [9.17, 15) is 0 Å². The molecule has 2 unspecified atom stereocenters. The molecular weight excluding hydrogens is 689 g/mol. The van der Waals surface area contributed by atoms with Crippen molar-refractivity contribution in [2.24, 2.45) is 23.3 Å². The highest BCUT2D eigenvalue weighted by Gasteiger charge is 2.33. The van der Waals surface area contributed by atoms with Crippen LogP contribution < -0.4 is 11.5 Å². The normalized spacial score (nSPS) is 13.2. The maximum absolute atomic E-state index is 7.05. The summed E-state index contributed by atoms with van der Waals surface area (Å²) >= 11 is 0. The molecule has 0 fully saturated rings. The fourth-order valence-corrected chi connectivity index (χ4v) is 9.87. The first-order valence-corrected chi connectivity index (χ1v) is 27.4. The van der Waals surface area contributed by atoms with E-state index in [1.807, 2.05) is 0 Å². The monoisotopic (exact) mass is 805 g/mol. The minimum absolute atomic E-state index is 0.110. The molecule has 0 aliphatic rings. The van der Waals surface area contributed by atoms with Crippen molar-refractivity contribution in [3.05, 3.63) is 0 Å². The first-order valence-electron chi connectivity index (χ1n) is 27.4. The molecule has 0 aliphatic heterocycles. The van der Waals surface area contributed by atoms with Gasteiger partial charge >= 0.3 is 0 Å². The van der Waals surface area contributed by atoms with E-state index in [-0.39, 0.29) is 11.1 Å². The molecule has 0 saturated carbocycles. The van der Waals surface area contributed by atoms with E-state index in [4.69, 9.17) is 11.5 Å². The number of hydrogen-bond acceptors (Lipinski definition) is 2. The second-order valence-electron chi connectivity index (χ2n) is 19.6. The van der Waals surface area contributed by atoms with E-state index in [1.165, 1.54) is 276 Å². The predicted molar refractivity (Wildman–Crippen MR) is 265 cm³/mol. The van der Waals surface area contributed by atoms with Crippen LogP contribution in [-0.2, 0) is 0 Å². The molecule has 2 nitrogen and oxygen atoms in total. The number of unbranched alkanes of at least 4 members (excludes halogenated alkanes) is 27. The minimum atomic E-state index is 0.110. The van der Waals surface area contributed by atoms with Gasteiger partial charge in [0.25, 0.3) is 0 Å². The molecule has 0 rings (SSSR count). The average molecular weight is 806 g/mol. The highest BCUT2D eigenvalue weighted by molar-refractivity contribution is 4.92. The highest BCUT2D eigenvalue weighted by Crippen LogP contribution is 2.35. The first-order chi connectivity index (χ1) is 27.8. The molecule has 0 aromatic heterocycles. The van der Waals surface area contributed by atoms with Crippen LogP contribution in [-0.4, -0.2) is 11.1 Å². The predicted octanol–water partition coefficient (Wildman–Crippen LogP) is 19.5. The standard InChI is InChI=1S/C28H59N.C27H57N/c1-5-9-12-13-14-15-16-17-18-19-20-21-22-24-27(23-8-4)28(29,25-10-6-2)26-11-7-3;1-5-9-12-13-14-15-16-17-18-19-20-21-23-26(22-8-4)27(28,24-10-6-2)25-11-7-3/h27H,5-26,29H2,1-4H3;26H,5-25,28H2,1-4H3. The van der Waals surface area contributed by atoms with Crippen LogP contribution in [0.15, 0.2) is 0 Å². The number of hydrogen-bond donors (Lipinski definition) is 2. The summed E-state index contributed by atoms with van der Waals surface area (Å²) in [6.07, 6.45) is 59.3. The maximum atomic E-state index is 7.05. The van der Waals surface area contributed by atoms with Crippen molar-refractivity contribution in [2.75, 3.05) is 0 Å². The summed E-state index contributed by atoms with van der Waals surface area (Å²) in [4.78, 5) is 0. The highest BCUT2D eigenvalue weighted by atomic mass is 14.8. The Balaban J connectivity index is 0. The lowest BCUT2D eigenvalue weighted by molar-refractivity contribution is 0.195. The molecule has 0 heterocycles. The summed E-state index contributed by atoms with van der Waals surface area (Å²) in [7, 11) is 0. The van der Waals surface area contributed by atoms with Crippen molar-refractivity contribution in [1.82, 2.24) is 0 Å². The first kappa shape index (κ1) is 59.0. The van der Waals surface area contributed by atoms with Crippen molar-refractivity contribution in [3.63, 3.8) is 0 Å². The van der Waals surface area contributed by atoms with Crippen LogP contribution in [0.4, 0.5) is 0 Å². The van der Waals surface area contributed by atoms with E-state index in [0.29, 0.717) is 0 Å². The van der Waals surface area contributed by atoms with Gasteiger partial charge in [-0.1, -0.05) is 280 Å². The molecule has 346 valence electrons. The van der Waals surface area contributed by atoms with E-state index >= 15 is 0 Å². The van der Waals surface area contributed by atoms with Crippen molar-refractivity contribution in [2.45, 2.75) is 343 Å². The second-order valence-corrected chi connectivity index (χ2v) is 19.6. The Morgan fingerprint density at radius 1 is 0.228 bits per heavy atom. The van der Waals surface area contributed by atoms with Crippen LogP contribution in [0.3, 0.4) is 0 Å². The topological polar surface area (TPSA) is 52.0 Å². The van der Waals surface area contributed by atoms with Gasteiger partial charge in [-0.3, -0.25) is 0 Å². The Bertz CT molecular complexity index is 716. The van der Waals surface area contributed by atoms with Gasteiger partial charge in [0.05, 0.1) is 0 Å². The summed E-state index contributed by atoms with van der Waals surface area (Å²) in [6.45, 7) is 18.5. The number of rotatable bonds is 45. The largest absolute Gasteiger partial charge is 0.325 e. The minimum Gasteiger partial charge on any atom is -0.325 e. The summed E-state index contributed by atoms with van der Waals surface area (Å²) in [6, 6.07) is 0. The van der Waals surface area contributed by atoms with Crippen molar-refractivity contribution in [3.8, 4) is 0 Å². The van der Waals surface area contributed by atoms with Gasteiger partial charge in [-0.25, -0.2) is 0 Å². The third-order valence-electron chi connectivity index (χ3n) is 13.9. The average Bonchev–Trinajstić information content (AvgIpc) is 3.22. The Hall–Kier alpha value is -0.0800. The van der Waals surface area contributed by atoms with E-state index < -0.39 is 0 Å². The fraction of sp³-hybridized carbons (Fsp3) is 1.00. The lowest BCUT2D eigenvalue weighted by Crippen LogP contribution is -2.47. The smallest absolute Gasteiger partial charge is 0.0182 e. The van der Waals surface area contributed by atoms with Gasteiger partial charge in [-0.15, -0.1) is 0 Å². The fourth-order valence-electron chi connectivity index (χ4n) is 9.87. The van der Waals surface area contributed by atoms with E-state index in [0.717, 1.165) is 11.8 Å². The summed E-state index contributed by atoms with van der Waals surface area (Å²) in [5, 5.41) is 0. The lowest BCUT2D eigenvalue weighted by Gasteiger charge is -2.38. The molecule has 2 heteroatoms. The van der Waals surface area contributed by atoms with Gasteiger partial charge in [0.15, 0.2) is 0 Å². The molecule has 0 amide bonds. The van der Waals surface area contributed by atoms with Gasteiger partial charge in [0.2, 0.25) is 0 Å². The molecule has 0 aliphatic carbocycles. The molecule has 0 aromatic carbocycles. The third kappa shape index (κ3) is 36.3. The van der Waals surface area contributed by atoms with Crippen LogP contribution >= 0.6 is 0 Å². The molecule has 0 spiro atoms. The summed E-state index contributed by atoms with van der Waals surface area (Å²) in [5.74, 6) is 1.50. The molecular formula is C55H116N2. The van der Waals surface area contributed by atoms with E-state index in [1.54, 1.807) is 0 Å². The van der Waals surface area contributed by atoms with Crippen LogP contribution in [0.25, 0.3) is 0 Å². The molecule has 0 radical (unpaired) electrons. The molecule has 0 saturated heterocycles. The SMILES string of the molecule is CCCCCCCCCCCCCCC(CCC)C(N)(CCCC)CCCC.CCCCCCCCCCCCCCCC(CCC)C(N)(CCCC)CCCC. The molecule has 0 bridgehead atoms. The summed E-state index contributed by atoms with van der Waals surface area (Å²) < 4.78 is 0. The zero-order chi connectivity index (χ0) is 42.6. The van der Waals surface area contributed by atoms with E-state index in [2.05, 4.69) is 55.4 Å². The zero-order valence-corrected chi connectivity index (χ0v) is 41.7. The van der Waals surface area contributed by atoms with Gasteiger partial charge in [-0.05, 0) is 63.2 Å². The Morgan fingerprint density at radius 2 is 0.421 bits per heavy atom. The van der Waals surface area contributed by atoms with Crippen molar-refractivity contribution in [1.29, 1.82) is 0 Å². The lowest BCUT2D eigenvalue weighted by atomic mass is 9.72. The van der Waals surface area contributed by atoms with Gasteiger partial charge < -0.3 is 11.5 Å². The quantitative estimate of drug-likeness (QED) is 0.0603. The second kappa shape index (κ2) is 45.4. The number of nitrogens with two attached hydrogens (primary N) is 2. The Labute approximate surface area is 364 Å². The van der Waals surface area contributed by atoms with Crippen LogP contribution in [0.2, 0.25) is 0 Å². The van der Waals surface area contributed by atoms with Crippen LogP contribution in [0.5, 0.6) is 0 Å². The van der Waals surface area contributed by atoms with Gasteiger partial charge in [0.1, 0.15) is 0 Å². The zero-order valence-electron chi connectivity index (χ0n) is 41.7. The maximum Gasteiger partial charge on any atom is 0.0182 e. The summed E-state index contributed by atoms with van der Waals surface area (Å²) in [5.41, 5.74) is 14.3. The molecule has 0 aromatic rings. The van der Waals surface area contributed by atoms with Crippen LogP contribution in [0.1, 0.15) is 331 Å². The van der Waals surface area contributed by atoms with Crippen LogP contribution in [0, 0.1) is 11.8 Å².